The van der Waals surface area contributed by atoms with Crippen molar-refractivity contribution in [2.45, 2.75) is 52.1 Å². The summed E-state index contributed by atoms with van der Waals surface area (Å²) in [6.07, 6.45) is 4.37. The minimum absolute atomic E-state index is 0.0560. The third-order valence-corrected chi connectivity index (χ3v) is 4.95. The summed E-state index contributed by atoms with van der Waals surface area (Å²) >= 11 is 0. The van der Waals surface area contributed by atoms with Gasteiger partial charge < -0.3 is 10.1 Å². The molecule has 0 saturated heterocycles. The number of aryl methyl sites for hydroxylation is 3. The van der Waals surface area contributed by atoms with Crippen LogP contribution in [0.1, 0.15) is 42.9 Å². The monoisotopic (exact) mass is 368 g/mol. The number of carbonyl (C=O) groups excluding carboxylic acids is 1. The number of nitrogens with zero attached hydrogens (tertiary/aromatic N) is 1. The fourth-order valence-corrected chi connectivity index (χ4v) is 3.34. The lowest BCUT2D eigenvalue weighted by molar-refractivity contribution is -0.384. The number of fused-ring (bicyclic) bond motifs is 1. The minimum Gasteiger partial charge on any atom is -0.481 e. The van der Waals surface area contributed by atoms with E-state index >= 15 is 0 Å². The Kier molecular flexibility index (Phi) is 5.74. The normalized spacial score (nSPS) is 14.1. The Morgan fingerprint density at radius 2 is 1.93 bits per heavy atom. The van der Waals surface area contributed by atoms with Crippen molar-refractivity contribution >= 4 is 17.3 Å². The van der Waals surface area contributed by atoms with Crippen molar-refractivity contribution in [2.75, 3.05) is 5.32 Å². The van der Waals surface area contributed by atoms with Gasteiger partial charge in [0.1, 0.15) is 5.75 Å². The summed E-state index contributed by atoms with van der Waals surface area (Å²) in [5.41, 5.74) is 3.79. The zero-order chi connectivity index (χ0) is 19.4. The maximum Gasteiger partial charge on any atom is 0.271 e. The van der Waals surface area contributed by atoms with Crippen LogP contribution in [0, 0.1) is 17.0 Å². The van der Waals surface area contributed by atoms with Crippen LogP contribution in [0.25, 0.3) is 0 Å². The average Bonchev–Trinajstić information content (AvgIpc) is 2.67. The molecule has 1 atom stereocenters. The number of carbonyl (C=O) groups is 1. The van der Waals surface area contributed by atoms with Gasteiger partial charge in [0.2, 0.25) is 0 Å². The third-order valence-electron chi connectivity index (χ3n) is 4.95. The van der Waals surface area contributed by atoms with E-state index in [0.29, 0.717) is 17.9 Å². The van der Waals surface area contributed by atoms with Crippen LogP contribution in [-0.2, 0) is 17.6 Å². The maximum absolute atomic E-state index is 12.7. The SMILES string of the molecule is CCC(Oc1ccc2c(c1)CCCC2)C(=O)Nc1cc([N+](=O)[O-])ccc1C. The molecule has 6 nitrogen and oxygen atoms in total. The molecule has 2 aromatic carbocycles. The largest absolute Gasteiger partial charge is 0.481 e. The molecule has 0 heterocycles. The molecule has 0 radical (unpaired) electrons. The second kappa shape index (κ2) is 8.20. The highest BCUT2D eigenvalue weighted by Gasteiger charge is 2.21. The number of amides is 1. The molecule has 1 aliphatic rings. The molecule has 1 N–H and O–H groups in total. The first kappa shape index (κ1) is 18.9. The molecule has 2 aromatic rings. The molecule has 1 aliphatic carbocycles. The van der Waals surface area contributed by atoms with E-state index < -0.39 is 11.0 Å². The average molecular weight is 368 g/mol. The first-order chi connectivity index (χ1) is 13.0. The molecule has 27 heavy (non-hydrogen) atoms. The molecule has 0 bridgehead atoms. The smallest absolute Gasteiger partial charge is 0.271 e. The van der Waals surface area contributed by atoms with E-state index in [-0.39, 0.29) is 11.6 Å². The number of hydrogen-bond acceptors (Lipinski definition) is 4. The highest BCUT2D eigenvalue weighted by Crippen LogP contribution is 2.27. The fraction of sp³-hybridized carbons (Fsp3) is 0.381. The van der Waals surface area contributed by atoms with Gasteiger partial charge in [0.25, 0.3) is 11.6 Å². The molecular weight excluding hydrogens is 344 g/mol. The molecule has 6 heteroatoms. The molecule has 142 valence electrons. The van der Waals surface area contributed by atoms with Crippen LogP contribution in [0.2, 0.25) is 0 Å². The van der Waals surface area contributed by atoms with E-state index in [1.165, 1.54) is 36.1 Å². The van der Waals surface area contributed by atoms with E-state index in [4.69, 9.17) is 4.74 Å². The third kappa shape index (κ3) is 4.45. The summed E-state index contributed by atoms with van der Waals surface area (Å²) in [5, 5.41) is 13.7. The Bertz CT molecular complexity index is 863. The van der Waals surface area contributed by atoms with E-state index in [0.717, 1.165) is 18.4 Å². The summed E-state index contributed by atoms with van der Waals surface area (Å²) in [5.74, 6) is 0.382. The topological polar surface area (TPSA) is 81.5 Å². The Labute approximate surface area is 158 Å². The van der Waals surface area contributed by atoms with Gasteiger partial charge in [0.05, 0.1) is 10.6 Å². The van der Waals surface area contributed by atoms with Gasteiger partial charge in [-0.15, -0.1) is 0 Å². The van der Waals surface area contributed by atoms with Gasteiger partial charge in [0, 0.05) is 12.1 Å². The van der Waals surface area contributed by atoms with Gasteiger partial charge in [-0.1, -0.05) is 19.1 Å². The van der Waals surface area contributed by atoms with Crippen LogP contribution < -0.4 is 10.1 Å². The zero-order valence-corrected chi connectivity index (χ0v) is 15.7. The molecule has 0 saturated carbocycles. The van der Waals surface area contributed by atoms with Gasteiger partial charge in [0.15, 0.2) is 6.10 Å². The maximum atomic E-state index is 12.7. The van der Waals surface area contributed by atoms with Gasteiger partial charge >= 0.3 is 0 Å². The molecule has 0 spiro atoms. The van der Waals surface area contributed by atoms with Gasteiger partial charge in [-0.25, -0.2) is 0 Å². The van der Waals surface area contributed by atoms with E-state index in [2.05, 4.69) is 11.4 Å². The summed E-state index contributed by atoms with van der Waals surface area (Å²) in [4.78, 5) is 23.2. The van der Waals surface area contributed by atoms with Gasteiger partial charge in [-0.2, -0.15) is 0 Å². The second-order valence-corrected chi connectivity index (χ2v) is 6.90. The number of benzene rings is 2. The lowest BCUT2D eigenvalue weighted by Crippen LogP contribution is -2.32. The van der Waals surface area contributed by atoms with Gasteiger partial charge in [-0.05, 0) is 67.9 Å². The summed E-state index contributed by atoms with van der Waals surface area (Å²) in [6, 6.07) is 10.4. The Morgan fingerprint density at radius 3 is 2.63 bits per heavy atom. The van der Waals surface area contributed by atoms with Crippen molar-refractivity contribution < 1.29 is 14.5 Å². The molecule has 0 aromatic heterocycles. The van der Waals surface area contributed by atoms with Crippen molar-refractivity contribution in [1.29, 1.82) is 0 Å². The lowest BCUT2D eigenvalue weighted by atomic mass is 9.92. The van der Waals surface area contributed by atoms with Crippen molar-refractivity contribution in [3.8, 4) is 5.75 Å². The fourth-order valence-electron chi connectivity index (χ4n) is 3.34. The number of anilines is 1. The quantitative estimate of drug-likeness (QED) is 0.598. The van der Waals surface area contributed by atoms with Crippen molar-refractivity contribution in [3.05, 3.63) is 63.2 Å². The van der Waals surface area contributed by atoms with Crippen LogP contribution >= 0.6 is 0 Å². The van der Waals surface area contributed by atoms with Crippen LogP contribution in [0.4, 0.5) is 11.4 Å². The first-order valence-corrected chi connectivity index (χ1v) is 9.32. The number of rotatable bonds is 6. The number of non-ortho nitro benzene ring substituents is 1. The van der Waals surface area contributed by atoms with Crippen molar-refractivity contribution in [3.63, 3.8) is 0 Å². The molecule has 1 amide bonds. The second-order valence-electron chi connectivity index (χ2n) is 6.90. The van der Waals surface area contributed by atoms with Crippen molar-refractivity contribution in [2.24, 2.45) is 0 Å². The van der Waals surface area contributed by atoms with Crippen LogP contribution in [-0.4, -0.2) is 16.9 Å². The number of ether oxygens (including phenoxy) is 1. The highest BCUT2D eigenvalue weighted by molar-refractivity contribution is 5.95. The number of nitro groups is 1. The molecule has 0 fully saturated rings. The van der Waals surface area contributed by atoms with Gasteiger partial charge in [-0.3, -0.25) is 14.9 Å². The van der Waals surface area contributed by atoms with Crippen LogP contribution in [0.5, 0.6) is 5.75 Å². The number of hydrogen-bond donors (Lipinski definition) is 1. The van der Waals surface area contributed by atoms with E-state index in [1.807, 2.05) is 19.1 Å². The van der Waals surface area contributed by atoms with Crippen LogP contribution in [0.15, 0.2) is 36.4 Å². The lowest BCUT2D eigenvalue weighted by Gasteiger charge is -2.20. The number of nitro benzene ring substituents is 1. The Balaban J connectivity index is 1.73. The standard InChI is InChI=1S/C21H24N2O4/c1-3-20(27-18-11-9-15-6-4-5-7-16(15)12-18)21(24)22-19-13-17(23(25)26)10-8-14(19)2/h8-13,20H,3-7H2,1-2H3,(H,22,24). The summed E-state index contributed by atoms with van der Waals surface area (Å²) < 4.78 is 5.94. The summed E-state index contributed by atoms with van der Waals surface area (Å²) in [6.45, 7) is 3.67. The first-order valence-electron chi connectivity index (χ1n) is 9.32. The van der Waals surface area contributed by atoms with E-state index in [1.54, 1.807) is 13.0 Å². The Morgan fingerprint density at radius 1 is 1.19 bits per heavy atom. The predicted octanol–water partition coefficient (Wildman–Crippen LogP) is 4.58. The molecule has 3 rings (SSSR count). The predicted molar refractivity (Wildman–Crippen MR) is 104 cm³/mol. The molecular formula is C21H24N2O4. The van der Waals surface area contributed by atoms with E-state index in [9.17, 15) is 14.9 Å². The molecule has 1 unspecified atom stereocenters. The highest BCUT2D eigenvalue weighted by atomic mass is 16.6. The van der Waals surface area contributed by atoms with Crippen molar-refractivity contribution in [1.82, 2.24) is 0 Å². The van der Waals surface area contributed by atoms with Crippen LogP contribution in [0.3, 0.4) is 0 Å². The zero-order valence-electron chi connectivity index (χ0n) is 15.7. The number of nitrogens with one attached hydrogen (secondary N) is 1. The minimum atomic E-state index is -0.662. The summed E-state index contributed by atoms with van der Waals surface area (Å²) in [7, 11) is 0. The molecule has 0 aliphatic heterocycles. The Hall–Kier alpha value is -2.89.